The van der Waals surface area contributed by atoms with Gasteiger partial charge >= 0.3 is 5.97 Å². The highest BCUT2D eigenvalue weighted by Crippen LogP contribution is 2.46. The van der Waals surface area contributed by atoms with Crippen LogP contribution in [0.2, 0.25) is 0 Å². The van der Waals surface area contributed by atoms with Crippen molar-refractivity contribution in [3.05, 3.63) is 89.6 Å². The van der Waals surface area contributed by atoms with Crippen molar-refractivity contribution in [3.8, 4) is 16.9 Å². The predicted octanol–water partition coefficient (Wildman–Crippen LogP) is 8.90. The molecule has 0 bridgehead atoms. The number of methoxy groups -OCH3 is 1. The lowest BCUT2D eigenvalue weighted by molar-refractivity contribution is -0.134. The van der Waals surface area contributed by atoms with Crippen LogP contribution in [0.3, 0.4) is 0 Å². The lowest BCUT2D eigenvalue weighted by Gasteiger charge is -2.29. The molecule has 0 aliphatic carbocycles. The lowest BCUT2D eigenvalue weighted by Crippen LogP contribution is -2.19. The molecule has 4 aromatic rings. The molecule has 0 aliphatic heterocycles. The van der Waals surface area contributed by atoms with Gasteiger partial charge in [-0.3, -0.25) is 0 Å². The van der Waals surface area contributed by atoms with Crippen LogP contribution < -0.4 is 4.74 Å². The highest BCUT2D eigenvalue weighted by atomic mass is 32.2. The summed E-state index contributed by atoms with van der Waals surface area (Å²) in [6.07, 6.45) is 5.05. The molecule has 0 amide bonds. The highest BCUT2D eigenvalue weighted by Gasteiger charge is 2.29. The Hall–Kier alpha value is -3.84. The van der Waals surface area contributed by atoms with Crippen molar-refractivity contribution in [2.24, 2.45) is 0 Å². The van der Waals surface area contributed by atoms with E-state index in [1.165, 1.54) is 17.2 Å². The lowest BCUT2D eigenvalue weighted by atomic mass is 9.78. The summed E-state index contributed by atoms with van der Waals surface area (Å²) >= 11 is 0. The summed E-state index contributed by atoms with van der Waals surface area (Å²) in [7, 11) is -2.59. The molecule has 0 fully saturated rings. The summed E-state index contributed by atoms with van der Waals surface area (Å²) in [6, 6.07) is 18.4. The standard InChI is InChI=1S/C37H45NO5S/c1-10-11-19-43-35-30(22-27(36(3,4)5)23-32(35)37(6,7)8)31-24-38(44(40,41)28-15-13-12-14-16-28)33-18-17-26(21-29(31)33)25(2)20-34(39)42-9/h12-18,20-24H,10-11,19H2,1-9H3/b25-20+. The summed E-state index contributed by atoms with van der Waals surface area (Å²) in [4.78, 5) is 12.3. The largest absolute Gasteiger partial charge is 0.493 e. The van der Waals surface area contributed by atoms with Crippen molar-refractivity contribution in [2.75, 3.05) is 13.7 Å². The number of unbranched alkanes of at least 4 members (excludes halogenated alkanes) is 1. The van der Waals surface area contributed by atoms with E-state index in [0.29, 0.717) is 17.7 Å². The van der Waals surface area contributed by atoms with Crippen LogP contribution in [0.1, 0.15) is 84.9 Å². The average molecular weight is 616 g/mol. The average Bonchev–Trinajstić information content (AvgIpc) is 3.36. The Kier molecular flexibility index (Phi) is 9.50. The van der Waals surface area contributed by atoms with Gasteiger partial charge in [0.05, 0.1) is 24.1 Å². The second-order valence-electron chi connectivity index (χ2n) is 13.3. The van der Waals surface area contributed by atoms with Crippen molar-refractivity contribution in [1.29, 1.82) is 0 Å². The van der Waals surface area contributed by atoms with Crippen molar-refractivity contribution in [2.45, 2.75) is 84.0 Å². The van der Waals surface area contributed by atoms with Gasteiger partial charge in [0.2, 0.25) is 0 Å². The SMILES string of the molecule is CCCCOc1c(-c2cn(S(=O)(=O)c3ccccc3)c3ccc(/C(C)=C/C(=O)OC)cc23)cc(C(C)(C)C)cc1C(C)(C)C. The summed E-state index contributed by atoms with van der Waals surface area (Å²) in [5.41, 5.74) is 5.42. The van der Waals surface area contributed by atoms with Crippen molar-refractivity contribution >= 4 is 32.5 Å². The smallest absolute Gasteiger partial charge is 0.330 e. The van der Waals surface area contributed by atoms with Crippen LogP contribution in [0, 0.1) is 0 Å². The van der Waals surface area contributed by atoms with Gasteiger partial charge in [0.15, 0.2) is 0 Å². The van der Waals surface area contributed by atoms with Gasteiger partial charge in [-0.05, 0) is 71.2 Å². The van der Waals surface area contributed by atoms with E-state index in [2.05, 4.69) is 60.6 Å². The maximum Gasteiger partial charge on any atom is 0.330 e. The van der Waals surface area contributed by atoms with Gasteiger partial charge in [-0.1, -0.05) is 85.2 Å². The summed E-state index contributed by atoms with van der Waals surface area (Å²) in [6.45, 7) is 17.6. The van der Waals surface area contributed by atoms with E-state index in [1.807, 2.05) is 19.1 Å². The van der Waals surface area contributed by atoms with Crippen LogP contribution in [0.15, 0.2) is 77.8 Å². The summed E-state index contributed by atoms with van der Waals surface area (Å²) in [5, 5.41) is 0.742. The quantitative estimate of drug-likeness (QED) is 0.107. The Morgan fingerprint density at radius 1 is 0.909 bits per heavy atom. The number of rotatable bonds is 9. The van der Waals surface area contributed by atoms with E-state index >= 15 is 0 Å². The number of esters is 1. The number of hydrogen-bond acceptors (Lipinski definition) is 5. The third kappa shape index (κ3) is 6.78. The fourth-order valence-electron chi connectivity index (χ4n) is 5.18. The number of carbonyl (C=O) groups is 1. The van der Waals surface area contributed by atoms with E-state index in [1.54, 1.807) is 42.6 Å². The Bertz CT molecular complexity index is 1800. The molecule has 0 atom stereocenters. The molecule has 0 saturated heterocycles. The Morgan fingerprint density at radius 3 is 2.18 bits per heavy atom. The number of hydrogen-bond donors (Lipinski definition) is 0. The number of allylic oxidation sites excluding steroid dienone is 1. The Balaban J connectivity index is 2.15. The second-order valence-corrected chi connectivity index (χ2v) is 15.2. The van der Waals surface area contributed by atoms with Gasteiger partial charge in [0.25, 0.3) is 10.0 Å². The molecule has 7 heteroatoms. The molecule has 0 spiro atoms. The number of benzene rings is 3. The second kappa shape index (κ2) is 12.6. The molecule has 6 nitrogen and oxygen atoms in total. The first-order valence-electron chi connectivity index (χ1n) is 15.1. The third-order valence-corrected chi connectivity index (χ3v) is 9.55. The monoisotopic (exact) mass is 615 g/mol. The van der Waals surface area contributed by atoms with E-state index in [4.69, 9.17) is 9.47 Å². The number of carbonyl (C=O) groups excluding carboxylic acids is 1. The molecule has 0 unspecified atom stereocenters. The zero-order valence-electron chi connectivity index (χ0n) is 27.4. The zero-order valence-corrected chi connectivity index (χ0v) is 28.3. The molecule has 0 aliphatic rings. The molecular weight excluding hydrogens is 570 g/mol. The normalized spacial score (nSPS) is 12.9. The molecule has 0 N–H and O–H groups in total. The first-order chi connectivity index (χ1) is 20.6. The van der Waals surface area contributed by atoms with Gasteiger partial charge in [-0.25, -0.2) is 17.2 Å². The fraction of sp³-hybridized carbons (Fsp3) is 0.378. The van der Waals surface area contributed by atoms with Crippen LogP contribution in [-0.2, 0) is 30.4 Å². The fourth-order valence-corrected chi connectivity index (χ4v) is 6.57. The van der Waals surface area contributed by atoms with Crippen LogP contribution in [0.5, 0.6) is 5.75 Å². The van der Waals surface area contributed by atoms with Crippen LogP contribution in [0.4, 0.5) is 0 Å². The topological polar surface area (TPSA) is 74.6 Å². The van der Waals surface area contributed by atoms with Gasteiger partial charge in [-0.15, -0.1) is 0 Å². The molecule has 0 radical (unpaired) electrons. The molecule has 44 heavy (non-hydrogen) atoms. The van der Waals surface area contributed by atoms with E-state index < -0.39 is 16.0 Å². The Morgan fingerprint density at radius 2 is 1.59 bits per heavy atom. The van der Waals surface area contributed by atoms with Crippen LogP contribution in [-0.4, -0.2) is 32.1 Å². The predicted molar refractivity (Wildman–Crippen MR) is 180 cm³/mol. The molecule has 1 heterocycles. The number of fused-ring (bicyclic) bond motifs is 1. The van der Waals surface area contributed by atoms with E-state index in [-0.39, 0.29) is 15.7 Å². The van der Waals surface area contributed by atoms with E-state index in [9.17, 15) is 13.2 Å². The zero-order chi connectivity index (χ0) is 32.4. The minimum atomic E-state index is -3.93. The van der Waals surface area contributed by atoms with E-state index in [0.717, 1.165) is 51.8 Å². The maximum atomic E-state index is 14.1. The molecule has 3 aromatic carbocycles. The van der Waals surface area contributed by atoms with Crippen LogP contribution in [0.25, 0.3) is 27.6 Å². The number of ether oxygens (including phenoxy) is 2. The first kappa shape index (κ1) is 33.1. The minimum absolute atomic E-state index is 0.170. The molecule has 1 aromatic heterocycles. The van der Waals surface area contributed by atoms with Crippen molar-refractivity contribution < 1.29 is 22.7 Å². The molecule has 4 rings (SSSR count). The summed E-state index contributed by atoms with van der Waals surface area (Å²) in [5.74, 6) is 0.314. The third-order valence-electron chi connectivity index (χ3n) is 7.86. The van der Waals surface area contributed by atoms with Crippen molar-refractivity contribution in [1.82, 2.24) is 3.97 Å². The number of aromatic nitrogens is 1. The first-order valence-corrected chi connectivity index (χ1v) is 16.6. The number of nitrogens with zero attached hydrogens (tertiary/aromatic N) is 1. The molecule has 0 saturated carbocycles. The molecule has 234 valence electrons. The maximum absolute atomic E-state index is 14.1. The van der Waals surface area contributed by atoms with Crippen molar-refractivity contribution in [3.63, 3.8) is 0 Å². The van der Waals surface area contributed by atoms with Gasteiger partial charge < -0.3 is 9.47 Å². The van der Waals surface area contributed by atoms with Gasteiger partial charge in [-0.2, -0.15) is 0 Å². The molecular formula is C37H45NO5S. The Labute approximate surface area is 262 Å². The minimum Gasteiger partial charge on any atom is -0.493 e. The summed E-state index contributed by atoms with van der Waals surface area (Å²) < 4.78 is 41.0. The van der Waals surface area contributed by atoms with Gasteiger partial charge in [0, 0.05) is 34.3 Å². The van der Waals surface area contributed by atoms with Crippen LogP contribution >= 0.6 is 0 Å². The highest BCUT2D eigenvalue weighted by molar-refractivity contribution is 7.90. The van der Waals surface area contributed by atoms with Gasteiger partial charge in [0.1, 0.15) is 5.75 Å².